The second kappa shape index (κ2) is 6.41. The van der Waals surface area contributed by atoms with E-state index in [-0.39, 0.29) is 32.7 Å². The first-order valence-electron chi connectivity index (χ1n) is 6.11. The maximum absolute atomic E-state index is 4.55. The smallest absolute Gasteiger partial charge is 0.0420 e. The van der Waals surface area contributed by atoms with Crippen molar-refractivity contribution < 1.29 is 32.7 Å². The topological polar surface area (TPSA) is 12.4 Å². The number of hydrogen-bond donors (Lipinski definition) is 0. The fraction of sp³-hybridized carbons (Fsp3) is 0.118. The van der Waals surface area contributed by atoms with Gasteiger partial charge in [-0.25, -0.2) is 0 Å². The van der Waals surface area contributed by atoms with Gasteiger partial charge in [0.15, 0.2) is 0 Å². The van der Waals surface area contributed by atoms with E-state index in [1.807, 2.05) is 12.1 Å². The Morgan fingerprint density at radius 3 is 2.68 bits per heavy atom. The van der Waals surface area contributed by atoms with Gasteiger partial charge in [-0.3, -0.25) is 4.99 Å². The van der Waals surface area contributed by atoms with Crippen LogP contribution in [0.2, 0.25) is 0 Å². The average Bonchev–Trinajstić information content (AvgIpc) is 2.82. The van der Waals surface area contributed by atoms with E-state index >= 15 is 0 Å². The molecule has 0 saturated carbocycles. The second-order valence-corrected chi connectivity index (χ2v) is 4.53. The van der Waals surface area contributed by atoms with Crippen LogP contribution < -0.4 is 0 Å². The van der Waals surface area contributed by atoms with Crippen LogP contribution in [0.15, 0.2) is 53.5 Å². The minimum atomic E-state index is 0. The molecule has 1 nitrogen and oxygen atoms in total. The first-order valence-corrected chi connectivity index (χ1v) is 6.11. The number of benzene rings is 2. The van der Waals surface area contributed by atoms with Crippen LogP contribution in [0.3, 0.4) is 0 Å². The fourth-order valence-corrected chi connectivity index (χ4v) is 2.09. The minimum Gasteiger partial charge on any atom is -0.295 e. The van der Waals surface area contributed by atoms with Crippen molar-refractivity contribution in [2.75, 3.05) is 0 Å². The molecule has 0 spiro atoms. The van der Waals surface area contributed by atoms with Crippen LogP contribution in [0.1, 0.15) is 22.3 Å². The molecular weight excluding hydrogens is 307 g/mol. The van der Waals surface area contributed by atoms with Crippen molar-refractivity contribution in [1.29, 1.82) is 0 Å². The zero-order valence-corrected chi connectivity index (χ0v) is 13.8. The molecule has 0 unspecified atom stereocenters. The molecule has 2 aromatic rings. The van der Waals surface area contributed by atoms with Crippen molar-refractivity contribution in [1.82, 2.24) is 0 Å². The molecule has 3 rings (SSSR count). The Kier molecular flexibility index (Phi) is 4.84. The second-order valence-electron chi connectivity index (χ2n) is 4.53. The van der Waals surface area contributed by atoms with Crippen LogP contribution >= 0.6 is 0 Å². The van der Waals surface area contributed by atoms with Crippen molar-refractivity contribution >= 4 is 11.8 Å². The van der Waals surface area contributed by atoms with Gasteiger partial charge in [0.2, 0.25) is 0 Å². The molecule has 19 heavy (non-hydrogen) atoms. The zero-order valence-electron chi connectivity index (χ0n) is 10.9. The molecule has 0 N–H and O–H groups in total. The van der Waals surface area contributed by atoms with Crippen molar-refractivity contribution in [2.24, 2.45) is 4.99 Å². The van der Waals surface area contributed by atoms with Gasteiger partial charge < -0.3 is 0 Å². The van der Waals surface area contributed by atoms with E-state index in [0.29, 0.717) is 0 Å². The fourth-order valence-electron chi connectivity index (χ4n) is 2.09. The molecule has 0 amide bonds. The van der Waals surface area contributed by atoms with Gasteiger partial charge in [-0.1, -0.05) is 35.9 Å². The van der Waals surface area contributed by atoms with Crippen LogP contribution in [0, 0.1) is 13.0 Å². The molecular formula is C17H14NY-. The van der Waals surface area contributed by atoms with Crippen LogP contribution in [-0.2, 0) is 39.3 Å². The Balaban J connectivity index is 0.00000133. The predicted molar refractivity (Wildman–Crippen MR) is 75.7 cm³/mol. The van der Waals surface area contributed by atoms with Crippen molar-refractivity contribution in [3.8, 4) is 0 Å². The summed E-state index contributed by atoms with van der Waals surface area (Å²) in [6.07, 6.45) is 4.20. The van der Waals surface area contributed by atoms with Gasteiger partial charge in [0.25, 0.3) is 0 Å². The summed E-state index contributed by atoms with van der Waals surface area (Å²) in [6.45, 7) is 2.89. The average molecular weight is 321 g/mol. The number of allylic oxidation sites excluding steroid dienone is 1. The summed E-state index contributed by atoms with van der Waals surface area (Å²) in [5.41, 5.74) is 6.04. The zero-order chi connectivity index (χ0) is 12.4. The first-order chi connectivity index (χ1) is 8.83. The molecule has 2 heteroatoms. The van der Waals surface area contributed by atoms with Gasteiger partial charge in [-0.2, -0.15) is 24.3 Å². The molecule has 0 aromatic heterocycles. The van der Waals surface area contributed by atoms with Gasteiger partial charge >= 0.3 is 0 Å². The summed E-state index contributed by atoms with van der Waals surface area (Å²) in [7, 11) is 0. The van der Waals surface area contributed by atoms with E-state index in [1.54, 1.807) is 0 Å². The number of hydrogen-bond acceptors (Lipinski definition) is 1. The molecule has 0 fully saturated rings. The summed E-state index contributed by atoms with van der Waals surface area (Å²) in [4.78, 5) is 4.55. The van der Waals surface area contributed by atoms with Crippen molar-refractivity contribution in [3.05, 3.63) is 76.9 Å². The molecule has 0 aliphatic carbocycles. The Bertz CT molecular complexity index is 624. The van der Waals surface area contributed by atoms with Crippen LogP contribution in [0.5, 0.6) is 0 Å². The van der Waals surface area contributed by atoms with Gasteiger partial charge in [0.1, 0.15) is 0 Å². The standard InChI is InChI=1S/C17H14N.Y/c1-13-6-8-14(9-7-13)10-11-17-16-5-3-2-4-15(16)12-18-17;/h2,4-11H,12H2,1H3;/q-1;/b11-10+;. The Labute approximate surface area is 139 Å². The monoisotopic (exact) mass is 321 g/mol. The number of rotatable bonds is 2. The van der Waals surface area contributed by atoms with Crippen molar-refractivity contribution in [3.63, 3.8) is 0 Å². The van der Waals surface area contributed by atoms with E-state index in [0.717, 1.165) is 12.3 Å². The predicted octanol–water partition coefficient (Wildman–Crippen LogP) is 3.81. The molecule has 1 radical (unpaired) electrons. The molecule has 1 aliphatic heterocycles. The van der Waals surface area contributed by atoms with Gasteiger partial charge in [0, 0.05) is 45.0 Å². The summed E-state index contributed by atoms with van der Waals surface area (Å²) < 4.78 is 0. The van der Waals surface area contributed by atoms with E-state index in [2.05, 4.69) is 60.5 Å². The van der Waals surface area contributed by atoms with E-state index in [1.165, 1.54) is 22.3 Å². The van der Waals surface area contributed by atoms with E-state index < -0.39 is 0 Å². The molecule has 1 aliphatic rings. The van der Waals surface area contributed by atoms with Crippen molar-refractivity contribution in [2.45, 2.75) is 13.5 Å². The summed E-state index contributed by atoms with van der Waals surface area (Å²) in [5.74, 6) is 0. The van der Waals surface area contributed by atoms with E-state index in [4.69, 9.17) is 0 Å². The summed E-state index contributed by atoms with van der Waals surface area (Å²) in [6, 6.07) is 17.7. The van der Waals surface area contributed by atoms with Gasteiger partial charge in [-0.05, 0) is 18.6 Å². The SMILES string of the molecule is Cc1ccc(/C=C/C2=NCc3cc[c-]cc32)cc1.[Y]. The quantitative estimate of drug-likeness (QED) is 0.746. The molecule has 2 aromatic carbocycles. The molecule has 0 bridgehead atoms. The maximum atomic E-state index is 4.55. The third-order valence-electron chi connectivity index (χ3n) is 3.16. The molecule has 1 heterocycles. The number of fused-ring (bicyclic) bond motifs is 1. The number of nitrogens with zero attached hydrogens (tertiary/aromatic N) is 1. The third kappa shape index (κ3) is 3.29. The largest absolute Gasteiger partial charge is 0.295 e. The van der Waals surface area contributed by atoms with Gasteiger partial charge in [0.05, 0.1) is 0 Å². The Morgan fingerprint density at radius 2 is 1.89 bits per heavy atom. The summed E-state index contributed by atoms with van der Waals surface area (Å²) in [5, 5.41) is 0. The Morgan fingerprint density at radius 1 is 1.11 bits per heavy atom. The minimum absolute atomic E-state index is 0. The van der Waals surface area contributed by atoms with Crippen LogP contribution in [0.4, 0.5) is 0 Å². The summed E-state index contributed by atoms with van der Waals surface area (Å²) >= 11 is 0. The number of aliphatic imine (C=N–C) groups is 1. The first kappa shape index (κ1) is 14.4. The molecule has 0 saturated heterocycles. The van der Waals surface area contributed by atoms with Crippen LogP contribution in [-0.4, -0.2) is 5.71 Å². The molecule has 0 atom stereocenters. The normalized spacial score (nSPS) is 13.0. The molecule has 91 valence electrons. The van der Waals surface area contributed by atoms with Gasteiger partial charge in [-0.15, -0.1) is 11.1 Å². The maximum Gasteiger partial charge on any atom is 0.0420 e. The number of aryl methyl sites for hydroxylation is 1. The Hall–Kier alpha value is -1.05. The van der Waals surface area contributed by atoms with Crippen LogP contribution in [0.25, 0.3) is 6.08 Å². The van der Waals surface area contributed by atoms with E-state index in [9.17, 15) is 0 Å². The third-order valence-corrected chi connectivity index (χ3v) is 3.16.